The molecule has 1 unspecified atom stereocenters. The Labute approximate surface area is 146 Å². The van der Waals surface area contributed by atoms with Crippen LogP contribution in [0.2, 0.25) is 0 Å². The van der Waals surface area contributed by atoms with E-state index in [-0.39, 0.29) is 12.3 Å². The predicted octanol–water partition coefficient (Wildman–Crippen LogP) is 3.30. The Bertz CT molecular complexity index is 821. The van der Waals surface area contributed by atoms with Gasteiger partial charge in [-0.2, -0.15) is 18.3 Å². The molecule has 1 aromatic heterocycles. The number of ether oxygens (including phenoxy) is 1. The maximum Gasteiger partial charge on any atom is 0.416 e. The molecule has 0 saturated carbocycles. The number of methoxy groups -OCH3 is 1. The molecule has 1 N–H and O–H groups in total. The van der Waals surface area contributed by atoms with Gasteiger partial charge in [0.25, 0.3) is 5.69 Å². The summed E-state index contributed by atoms with van der Waals surface area (Å²) in [5.41, 5.74) is -1.68. The Morgan fingerprint density at radius 3 is 2.88 bits per heavy atom. The Hall–Kier alpha value is -2.69. The van der Waals surface area contributed by atoms with Crippen molar-refractivity contribution in [1.82, 2.24) is 14.8 Å². The summed E-state index contributed by atoms with van der Waals surface area (Å²) in [5, 5.41) is 18.5. The minimum atomic E-state index is -4.65. The molecule has 3 rings (SSSR count). The van der Waals surface area contributed by atoms with Crippen LogP contribution in [0, 0.1) is 10.1 Å². The second-order valence-corrected chi connectivity index (χ2v) is 5.87. The number of anilines is 1. The van der Waals surface area contributed by atoms with Crippen molar-refractivity contribution in [2.24, 2.45) is 0 Å². The molecule has 1 atom stereocenters. The first kappa shape index (κ1) is 18.1. The van der Waals surface area contributed by atoms with Crippen LogP contribution in [0.4, 0.5) is 24.5 Å². The highest BCUT2D eigenvalue weighted by molar-refractivity contribution is 5.63. The molecule has 0 spiro atoms. The van der Waals surface area contributed by atoms with Gasteiger partial charge in [0.15, 0.2) is 5.82 Å². The van der Waals surface area contributed by atoms with Gasteiger partial charge < -0.3 is 10.1 Å². The number of fused-ring (bicyclic) bond motifs is 1. The summed E-state index contributed by atoms with van der Waals surface area (Å²) < 4.78 is 45.1. The number of nitro benzene ring substituents is 1. The second-order valence-electron chi connectivity index (χ2n) is 5.87. The van der Waals surface area contributed by atoms with Crippen molar-refractivity contribution in [3.63, 3.8) is 0 Å². The van der Waals surface area contributed by atoms with Crippen LogP contribution < -0.4 is 5.32 Å². The molecule has 0 fully saturated rings. The zero-order valence-corrected chi connectivity index (χ0v) is 13.8. The van der Waals surface area contributed by atoms with Crippen molar-refractivity contribution in [3.05, 3.63) is 45.5 Å². The summed E-state index contributed by atoms with van der Waals surface area (Å²) in [6, 6.07) is 2.04. The molecule has 2 heterocycles. The largest absolute Gasteiger partial charge is 0.416 e. The van der Waals surface area contributed by atoms with Crippen molar-refractivity contribution in [2.75, 3.05) is 12.4 Å². The van der Waals surface area contributed by atoms with Gasteiger partial charge in [-0.3, -0.25) is 10.1 Å². The number of nitrogens with one attached hydrogen (secondary N) is 1. The summed E-state index contributed by atoms with van der Waals surface area (Å²) in [5.74, 6) is 1.07. The van der Waals surface area contributed by atoms with E-state index in [4.69, 9.17) is 4.74 Å². The third-order valence-electron chi connectivity index (χ3n) is 4.04. The van der Waals surface area contributed by atoms with E-state index in [0.717, 1.165) is 18.6 Å². The van der Waals surface area contributed by atoms with Crippen LogP contribution >= 0.6 is 0 Å². The van der Waals surface area contributed by atoms with Gasteiger partial charge in [-0.15, -0.1) is 0 Å². The molecule has 26 heavy (non-hydrogen) atoms. The number of hydrogen-bond donors (Lipinski definition) is 1. The highest BCUT2D eigenvalue weighted by Gasteiger charge is 2.34. The first-order valence-electron chi connectivity index (χ1n) is 7.84. The van der Waals surface area contributed by atoms with E-state index < -0.39 is 28.4 Å². The maximum atomic E-state index is 12.8. The minimum Gasteiger partial charge on any atom is -0.377 e. The number of benzene rings is 1. The van der Waals surface area contributed by atoms with E-state index in [1.165, 1.54) is 7.11 Å². The Morgan fingerprint density at radius 1 is 1.46 bits per heavy atom. The zero-order valence-electron chi connectivity index (χ0n) is 13.8. The lowest BCUT2D eigenvalue weighted by molar-refractivity contribution is -0.384. The van der Waals surface area contributed by atoms with Crippen molar-refractivity contribution in [1.29, 1.82) is 0 Å². The van der Waals surface area contributed by atoms with Crippen LogP contribution in [0.15, 0.2) is 18.2 Å². The molecule has 140 valence electrons. The van der Waals surface area contributed by atoms with Crippen LogP contribution in [0.1, 0.15) is 36.1 Å². The highest BCUT2D eigenvalue weighted by atomic mass is 19.4. The molecule has 0 radical (unpaired) electrons. The number of nitro groups is 1. The molecular formula is C15H16F3N5O3. The molecule has 2 aromatic rings. The summed E-state index contributed by atoms with van der Waals surface area (Å²) >= 11 is 0. The van der Waals surface area contributed by atoms with Crippen LogP contribution in [-0.2, 0) is 24.1 Å². The van der Waals surface area contributed by atoms with E-state index in [2.05, 4.69) is 15.4 Å². The fraction of sp³-hybridized carbons (Fsp3) is 0.467. The topological polar surface area (TPSA) is 95.1 Å². The van der Waals surface area contributed by atoms with Gasteiger partial charge in [0.05, 0.1) is 16.5 Å². The minimum absolute atomic E-state index is 0.0118. The summed E-state index contributed by atoms with van der Waals surface area (Å²) in [6.07, 6.45) is -3.26. The Balaban J connectivity index is 1.91. The lowest BCUT2D eigenvalue weighted by Gasteiger charge is -2.24. The van der Waals surface area contributed by atoms with Gasteiger partial charge in [0.2, 0.25) is 0 Å². The van der Waals surface area contributed by atoms with Gasteiger partial charge in [-0.1, -0.05) is 0 Å². The number of hydrogen-bond acceptors (Lipinski definition) is 6. The van der Waals surface area contributed by atoms with E-state index in [0.29, 0.717) is 30.7 Å². The standard InChI is InChI=1S/C15H16F3N5O3/c1-26-8-13-20-14-11(3-2-6-22(14)21-13)19-10-5-4-9(15(16,17)18)7-12(10)23(24)25/h4-5,7,11,19H,2-3,6,8H2,1H3. The van der Waals surface area contributed by atoms with Crippen LogP contribution in [0.5, 0.6) is 0 Å². The van der Waals surface area contributed by atoms with E-state index in [1.54, 1.807) is 4.68 Å². The predicted molar refractivity (Wildman–Crippen MR) is 84.4 cm³/mol. The van der Waals surface area contributed by atoms with Crippen LogP contribution in [0.3, 0.4) is 0 Å². The number of alkyl halides is 3. The molecule has 0 bridgehead atoms. The van der Waals surface area contributed by atoms with Gasteiger partial charge in [0.1, 0.15) is 18.1 Å². The third kappa shape index (κ3) is 3.62. The summed E-state index contributed by atoms with van der Waals surface area (Å²) in [7, 11) is 1.52. The number of halogens is 3. The van der Waals surface area contributed by atoms with E-state index in [9.17, 15) is 23.3 Å². The Morgan fingerprint density at radius 2 is 2.23 bits per heavy atom. The molecular weight excluding hydrogens is 355 g/mol. The zero-order chi connectivity index (χ0) is 18.9. The van der Waals surface area contributed by atoms with Crippen molar-refractivity contribution < 1.29 is 22.8 Å². The summed E-state index contributed by atoms with van der Waals surface area (Å²) in [4.78, 5) is 14.8. The number of rotatable bonds is 5. The number of aryl methyl sites for hydroxylation is 1. The Kier molecular flexibility index (Phi) is 4.81. The first-order chi connectivity index (χ1) is 12.3. The fourth-order valence-electron chi connectivity index (χ4n) is 2.90. The molecule has 0 saturated heterocycles. The number of nitrogens with zero attached hydrogens (tertiary/aromatic N) is 4. The van der Waals surface area contributed by atoms with E-state index in [1.807, 2.05) is 0 Å². The van der Waals surface area contributed by atoms with Crippen molar-refractivity contribution in [2.45, 2.75) is 38.2 Å². The van der Waals surface area contributed by atoms with E-state index >= 15 is 0 Å². The molecule has 0 aliphatic carbocycles. The lowest BCUT2D eigenvalue weighted by atomic mass is 10.1. The van der Waals surface area contributed by atoms with Gasteiger partial charge >= 0.3 is 6.18 Å². The van der Waals surface area contributed by atoms with Crippen molar-refractivity contribution in [3.8, 4) is 0 Å². The molecule has 1 aromatic carbocycles. The molecule has 8 nitrogen and oxygen atoms in total. The van der Waals surface area contributed by atoms with Gasteiger partial charge in [0, 0.05) is 19.7 Å². The average Bonchev–Trinajstić information content (AvgIpc) is 2.98. The SMILES string of the molecule is COCc1nc2n(n1)CCCC2Nc1ccc(C(F)(F)F)cc1[N+](=O)[O-]. The quantitative estimate of drug-likeness (QED) is 0.640. The van der Waals surface area contributed by atoms with Gasteiger partial charge in [-0.25, -0.2) is 9.67 Å². The maximum absolute atomic E-state index is 12.8. The summed E-state index contributed by atoms with van der Waals surface area (Å²) in [6.45, 7) is 0.881. The highest BCUT2D eigenvalue weighted by Crippen LogP contribution is 2.37. The third-order valence-corrected chi connectivity index (χ3v) is 4.04. The van der Waals surface area contributed by atoms with Crippen LogP contribution in [0.25, 0.3) is 0 Å². The van der Waals surface area contributed by atoms with Crippen molar-refractivity contribution >= 4 is 11.4 Å². The van der Waals surface area contributed by atoms with Gasteiger partial charge in [-0.05, 0) is 25.0 Å². The molecule has 1 aliphatic heterocycles. The van der Waals surface area contributed by atoms with Crippen LogP contribution in [-0.4, -0.2) is 26.8 Å². The fourth-order valence-corrected chi connectivity index (χ4v) is 2.90. The molecule has 0 amide bonds. The smallest absolute Gasteiger partial charge is 0.377 e. The molecule has 1 aliphatic rings. The first-order valence-corrected chi connectivity index (χ1v) is 7.84. The average molecular weight is 371 g/mol. The monoisotopic (exact) mass is 371 g/mol. The second kappa shape index (κ2) is 6.90. The normalized spacial score (nSPS) is 17.0. The lowest BCUT2D eigenvalue weighted by Crippen LogP contribution is -2.23. The molecule has 11 heteroatoms. The number of aromatic nitrogens is 3.